The highest BCUT2D eigenvalue weighted by molar-refractivity contribution is 6.31. The van der Waals surface area contributed by atoms with Crippen molar-refractivity contribution >= 4 is 11.6 Å². The van der Waals surface area contributed by atoms with E-state index in [0.29, 0.717) is 17.2 Å². The van der Waals surface area contributed by atoms with Crippen molar-refractivity contribution in [3.05, 3.63) is 22.2 Å². The molecule has 1 aromatic carbocycles. The van der Waals surface area contributed by atoms with Crippen LogP contribution in [-0.4, -0.2) is 18.0 Å². The van der Waals surface area contributed by atoms with Crippen molar-refractivity contribution in [1.29, 1.82) is 0 Å². The molecule has 0 saturated carbocycles. The summed E-state index contributed by atoms with van der Waals surface area (Å²) in [7, 11) is 0. The first-order chi connectivity index (χ1) is 7.63. The van der Waals surface area contributed by atoms with Crippen molar-refractivity contribution < 1.29 is 14.6 Å². The Balaban J connectivity index is 2.50. The maximum absolute atomic E-state index is 9.47. The quantitative estimate of drug-likeness (QED) is 0.885. The van der Waals surface area contributed by atoms with Gasteiger partial charge in [0.05, 0.1) is 6.10 Å². The van der Waals surface area contributed by atoms with Crippen LogP contribution in [0.4, 0.5) is 0 Å². The second-order valence-electron chi connectivity index (χ2n) is 3.96. The molecular formula is C12H15ClO3. The molecule has 0 bridgehead atoms. The van der Waals surface area contributed by atoms with Gasteiger partial charge in [-0.3, -0.25) is 0 Å². The minimum absolute atomic E-state index is 0.247. The molecule has 0 fully saturated rings. The van der Waals surface area contributed by atoms with Crippen LogP contribution >= 0.6 is 11.6 Å². The molecule has 2 rings (SSSR count). The van der Waals surface area contributed by atoms with Crippen molar-refractivity contribution in [2.75, 3.05) is 6.79 Å². The minimum Gasteiger partial charge on any atom is -0.454 e. The third-order valence-electron chi connectivity index (χ3n) is 2.68. The summed E-state index contributed by atoms with van der Waals surface area (Å²) in [5, 5.41) is 10.1. The number of hydrogen-bond acceptors (Lipinski definition) is 3. The number of benzene rings is 1. The summed E-state index contributed by atoms with van der Waals surface area (Å²) in [6, 6.07) is 1.76. The van der Waals surface area contributed by atoms with Gasteiger partial charge in [-0.15, -0.1) is 0 Å². The first-order valence-corrected chi connectivity index (χ1v) is 5.79. The topological polar surface area (TPSA) is 38.7 Å². The molecule has 88 valence electrons. The van der Waals surface area contributed by atoms with E-state index in [1.54, 1.807) is 13.0 Å². The lowest BCUT2D eigenvalue weighted by atomic mass is 9.98. The SMILES string of the molecule is CCc1c(CC(C)O)c(Cl)cc2c1OCO2. The zero-order valence-corrected chi connectivity index (χ0v) is 10.2. The molecule has 16 heavy (non-hydrogen) atoms. The largest absolute Gasteiger partial charge is 0.454 e. The standard InChI is InChI=1S/C12H15ClO3/c1-3-8-9(4-7(2)14)10(13)5-11-12(8)16-6-15-11/h5,7,14H,3-4,6H2,1-2H3. The number of halogens is 1. The average Bonchev–Trinajstić information content (AvgIpc) is 2.65. The number of hydrogen-bond donors (Lipinski definition) is 1. The minimum atomic E-state index is -0.414. The van der Waals surface area contributed by atoms with Crippen LogP contribution in [-0.2, 0) is 12.8 Å². The predicted octanol–water partition coefficient (Wildman–Crippen LogP) is 2.55. The van der Waals surface area contributed by atoms with Gasteiger partial charge in [-0.1, -0.05) is 18.5 Å². The summed E-state index contributed by atoms with van der Waals surface area (Å²) < 4.78 is 10.7. The molecule has 1 heterocycles. The van der Waals surface area contributed by atoms with Gasteiger partial charge in [0, 0.05) is 16.7 Å². The summed E-state index contributed by atoms with van der Waals surface area (Å²) in [4.78, 5) is 0. The zero-order valence-electron chi connectivity index (χ0n) is 9.42. The molecule has 1 unspecified atom stereocenters. The van der Waals surface area contributed by atoms with E-state index in [2.05, 4.69) is 0 Å². The van der Waals surface area contributed by atoms with Crippen LogP contribution in [0.1, 0.15) is 25.0 Å². The summed E-state index contributed by atoms with van der Waals surface area (Å²) in [5.41, 5.74) is 2.00. The summed E-state index contributed by atoms with van der Waals surface area (Å²) in [6.45, 7) is 4.04. The van der Waals surface area contributed by atoms with E-state index in [1.807, 2.05) is 6.92 Å². The molecule has 0 spiro atoms. The summed E-state index contributed by atoms with van der Waals surface area (Å²) in [5.74, 6) is 1.48. The monoisotopic (exact) mass is 242 g/mol. The Labute approximate surface area is 99.9 Å². The Morgan fingerprint density at radius 1 is 1.44 bits per heavy atom. The fourth-order valence-corrected chi connectivity index (χ4v) is 2.30. The third kappa shape index (κ3) is 1.97. The fraction of sp³-hybridized carbons (Fsp3) is 0.500. The molecule has 0 amide bonds. The maximum Gasteiger partial charge on any atom is 0.231 e. The Morgan fingerprint density at radius 2 is 2.19 bits per heavy atom. The molecular weight excluding hydrogens is 228 g/mol. The van der Waals surface area contributed by atoms with Crippen LogP contribution in [0, 0.1) is 0 Å². The van der Waals surface area contributed by atoms with E-state index < -0.39 is 6.10 Å². The third-order valence-corrected chi connectivity index (χ3v) is 3.02. The lowest BCUT2D eigenvalue weighted by molar-refractivity contribution is 0.173. The van der Waals surface area contributed by atoms with Crippen LogP contribution in [0.3, 0.4) is 0 Å². The van der Waals surface area contributed by atoms with Crippen LogP contribution in [0.5, 0.6) is 11.5 Å². The molecule has 3 nitrogen and oxygen atoms in total. The van der Waals surface area contributed by atoms with E-state index in [-0.39, 0.29) is 6.79 Å². The van der Waals surface area contributed by atoms with Crippen LogP contribution < -0.4 is 9.47 Å². The van der Waals surface area contributed by atoms with Crippen molar-refractivity contribution in [3.8, 4) is 11.5 Å². The Kier molecular flexibility index (Phi) is 3.26. The van der Waals surface area contributed by atoms with Crippen molar-refractivity contribution in [2.24, 2.45) is 0 Å². The van der Waals surface area contributed by atoms with Gasteiger partial charge in [-0.25, -0.2) is 0 Å². The zero-order chi connectivity index (χ0) is 11.7. The van der Waals surface area contributed by atoms with Crippen LogP contribution in [0.15, 0.2) is 6.07 Å². The van der Waals surface area contributed by atoms with E-state index in [4.69, 9.17) is 21.1 Å². The number of aliphatic hydroxyl groups is 1. The second-order valence-corrected chi connectivity index (χ2v) is 4.36. The van der Waals surface area contributed by atoms with Gasteiger partial charge in [-0.2, -0.15) is 0 Å². The predicted molar refractivity (Wildman–Crippen MR) is 62.3 cm³/mol. The smallest absolute Gasteiger partial charge is 0.231 e. The van der Waals surface area contributed by atoms with Gasteiger partial charge in [0.1, 0.15) is 0 Å². The highest BCUT2D eigenvalue weighted by Crippen LogP contribution is 2.41. The molecule has 0 radical (unpaired) electrons. The molecule has 0 aromatic heterocycles. The molecule has 1 aliphatic rings. The van der Waals surface area contributed by atoms with Gasteiger partial charge in [0.25, 0.3) is 0 Å². The van der Waals surface area contributed by atoms with Crippen molar-refractivity contribution in [2.45, 2.75) is 32.8 Å². The van der Waals surface area contributed by atoms with Gasteiger partial charge < -0.3 is 14.6 Å². The average molecular weight is 243 g/mol. The highest BCUT2D eigenvalue weighted by atomic mass is 35.5. The maximum atomic E-state index is 9.47. The van der Waals surface area contributed by atoms with E-state index in [1.165, 1.54) is 0 Å². The molecule has 1 aromatic rings. The number of ether oxygens (including phenoxy) is 2. The normalized spacial score (nSPS) is 15.2. The number of rotatable bonds is 3. The molecule has 0 saturated heterocycles. The Morgan fingerprint density at radius 3 is 2.81 bits per heavy atom. The molecule has 1 atom stereocenters. The first kappa shape index (κ1) is 11.6. The van der Waals surface area contributed by atoms with Gasteiger partial charge in [0.15, 0.2) is 11.5 Å². The van der Waals surface area contributed by atoms with E-state index in [9.17, 15) is 5.11 Å². The Hall–Kier alpha value is -0.930. The first-order valence-electron chi connectivity index (χ1n) is 5.41. The number of fused-ring (bicyclic) bond motifs is 1. The van der Waals surface area contributed by atoms with Gasteiger partial charge in [0.2, 0.25) is 6.79 Å². The van der Waals surface area contributed by atoms with Crippen LogP contribution in [0.25, 0.3) is 0 Å². The molecule has 1 aliphatic heterocycles. The fourth-order valence-electron chi connectivity index (χ4n) is 2.01. The summed E-state index contributed by atoms with van der Waals surface area (Å²) >= 11 is 6.19. The summed E-state index contributed by atoms with van der Waals surface area (Å²) in [6.07, 6.45) is 0.940. The number of aliphatic hydroxyl groups excluding tert-OH is 1. The lowest BCUT2D eigenvalue weighted by Gasteiger charge is -2.14. The second kappa shape index (κ2) is 4.52. The molecule has 4 heteroatoms. The van der Waals surface area contributed by atoms with Crippen LogP contribution in [0.2, 0.25) is 5.02 Å². The van der Waals surface area contributed by atoms with Crippen molar-refractivity contribution in [1.82, 2.24) is 0 Å². The van der Waals surface area contributed by atoms with Gasteiger partial charge >= 0.3 is 0 Å². The van der Waals surface area contributed by atoms with E-state index in [0.717, 1.165) is 23.3 Å². The van der Waals surface area contributed by atoms with Gasteiger partial charge in [-0.05, 0) is 25.3 Å². The lowest BCUT2D eigenvalue weighted by Crippen LogP contribution is -2.08. The Bertz CT molecular complexity index is 402. The van der Waals surface area contributed by atoms with Crippen molar-refractivity contribution in [3.63, 3.8) is 0 Å². The molecule has 0 aliphatic carbocycles. The highest BCUT2D eigenvalue weighted by Gasteiger charge is 2.23. The molecule has 1 N–H and O–H groups in total. The van der Waals surface area contributed by atoms with E-state index >= 15 is 0 Å².